The van der Waals surface area contributed by atoms with Crippen LogP contribution in [0.25, 0.3) is 17.3 Å². The molecule has 3 aromatic heterocycles. The standard InChI is InChI=1S/C12H11N5O/c1-8-4-5-12(15-14-8)17-11(13)7-9(16-17)10-3-2-6-18-10/h2-7H,13H2,1H3. The molecule has 0 spiro atoms. The lowest BCUT2D eigenvalue weighted by atomic mass is 10.3. The highest BCUT2D eigenvalue weighted by molar-refractivity contribution is 5.58. The number of aromatic nitrogens is 4. The Hall–Kier alpha value is -2.63. The number of nitrogens with zero attached hydrogens (tertiary/aromatic N) is 4. The Morgan fingerprint density at radius 2 is 2.11 bits per heavy atom. The number of hydrogen-bond acceptors (Lipinski definition) is 5. The summed E-state index contributed by atoms with van der Waals surface area (Å²) in [7, 11) is 0. The van der Waals surface area contributed by atoms with Gasteiger partial charge in [0.05, 0.1) is 12.0 Å². The normalized spacial score (nSPS) is 10.7. The van der Waals surface area contributed by atoms with Crippen molar-refractivity contribution in [3.63, 3.8) is 0 Å². The van der Waals surface area contributed by atoms with Crippen LogP contribution in [0.1, 0.15) is 5.69 Å². The first kappa shape index (κ1) is 10.5. The van der Waals surface area contributed by atoms with Crippen LogP contribution in [0, 0.1) is 6.92 Å². The van der Waals surface area contributed by atoms with E-state index in [1.54, 1.807) is 18.4 Å². The summed E-state index contributed by atoms with van der Waals surface area (Å²) in [4.78, 5) is 0. The van der Waals surface area contributed by atoms with Crippen molar-refractivity contribution in [2.75, 3.05) is 5.73 Å². The molecule has 3 rings (SSSR count). The Balaban J connectivity index is 2.06. The summed E-state index contributed by atoms with van der Waals surface area (Å²) in [5, 5.41) is 12.4. The van der Waals surface area contributed by atoms with Gasteiger partial charge in [-0.25, -0.2) is 0 Å². The summed E-state index contributed by atoms with van der Waals surface area (Å²) in [6.07, 6.45) is 1.59. The topological polar surface area (TPSA) is 82.8 Å². The smallest absolute Gasteiger partial charge is 0.178 e. The van der Waals surface area contributed by atoms with E-state index in [0.717, 1.165) is 5.69 Å². The minimum Gasteiger partial charge on any atom is -0.463 e. The van der Waals surface area contributed by atoms with Crippen molar-refractivity contribution in [3.8, 4) is 17.3 Å². The van der Waals surface area contributed by atoms with E-state index in [2.05, 4.69) is 15.3 Å². The zero-order valence-electron chi connectivity index (χ0n) is 9.74. The Bertz CT molecular complexity index is 654. The summed E-state index contributed by atoms with van der Waals surface area (Å²) in [5.74, 6) is 1.73. The zero-order chi connectivity index (χ0) is 12.5. The third-order valence-corrected chi connectivity index (χ3v) is 2.51. The molecule has 0 fully saturated rings. The monoisotopic (exact) mass is 241 g/mol. The van der Waals surface area contributed by atoms with E-state index in [1.807, 2.05) is 25.1 Å². The van der Waals surface area contributed by atoms with Gasteiger partial charge in [0.2, 0.25) is 0 Å². The number of furan rings is 1. The molecular formula is C12H11N5O. The minimum absolute atomic E-state index is 0.486. The average Bonchev–Trinajstić information content (AvgIpc) is 2.99. The molecule has 18 heavy (non-hydrogen) atoms. The molecule has 2 N–H and O–H groups in total. The third kappa shape index (κ3) is 1.73. The van der Waals surface area contributed by atoms with Crippen LogP contribution in [0.5, 0.6) is 0 Å². The van der Waals surface area contributed by atoms with E-state index in [9.17, 15) is 0 Å². The molecule has 0 unspecified atom stereocenters. The van der Waals surface area contributed by atoms with E-state index in [1.165, 1.54) is 4.68 Å². The molecule has 90 valence electrons. The fourth-order valence-corrected chi connectivity index (χ4v) is 1.63. The van der Waals surface area contributed by atoms with E-state index in [-0.39, 0.29) is 0 Å². The summed E-state index contributed by atoms with van der Waals surface area (Å²) in [6.45, 7) is 1.87. The molecule has 6 heteroatoms. The number of rotatable bonds is 2. The van der Waals surface area contributed by atoms with Gasteiger partial charge in [0.25, 0.3) is 0 Å². The highest BCUT2D eigenvalue weighted by Gasteiger charge is 2.11. The van der Waals surface area contributed by atoms with E-state index in [0.29, 0.717) is 23.1 Å². The molecule has 0 amide bonds. The van der Waals surface area contributed by atoms with E-state index >= 15 is 0 Å². The molecular weight excluding hydrogens is 230 g/mol. The number of hydrogen-bond donors (Lipinski definition) is 1. The van der Waals surface area contributed by atoms with Crippen molar-refractivity contribution in [1.82, 2.24) is 20.0 Å². The van der Waals surface area contributed by atoms with E-state index < -0.39 is 0 Å². The number of nitrogens with two attached hydrogens (primary N) is 1. The molecule has 0 atom stereocenters. The molecule has 6 nitrogen and oxygen atoms in total. The maximum Gasteiger partial charge on any atom is 0.178 e. The Kier molecular flexibility index (Phi) is 2.33. The van der Waals surface area contributed by atoms with Gasteiger partial charge >= 0.3 is 0 Å². The van der Waals surface area contributed by atoms with Gasteiger partial charge in [0, 0.05) is 6.07 Å². The summed E-state index contributed by atoms with van der Waals surface area (Å²) in [5.41, 5.74) is 7.42. The molecule has 0 aromatic carbocycles. The maximum atomic E-state index is 5.91. The van der Waals surface area contributed by atoms with E-state index in [4.69, 9.17) is 10.2 Å². The molecule has 0 aliphatic carbocycles. The van der Waals surface area contributed by atoms with Gasteiger partial charge in [-0.05, 0) is 31.2 Å². The quantitative estimate of drug-likeness (QED) is 0.739. The molecule has 3 heterocycles. The summed E-state index contributed by atoms with van der Waals surface area (Å²) in [6, 6.07) is 9.04. The number of anilines is 1. The van der Waals surface area contributed by atoms with Crippen LogP contribution in [-0.2, 0) is 0 Å². The number of nitrogen functional groups attached to an aromatic ring is 1. The van der Waals surface area contributed by atoms with Gasteiger partial charge in [0.1, 0.15) is 11.5 Å². The van der Waals surface area contributed by atoms with Crippen molar-refractivity contribution in [3.05, 3.63) is 42.3 Å². The fraction of sp³-hybridized carbons (Fsp3) is 0.0833. The average molecular weight is 241 g/mol. The predicted molar refractivity (Wildman–Crippen MR) is 66.0 cm³/mol. The van der Waals surface area contributed by atoms with Gasteiger partial charge in [-0.1, -0.05) is 0 Å². The van der Waals surface area contributed by atoms with Crippen LogP contribution >= 0.6 is 0 Å². The summed E-state index contributed by atoms with van der Waals surface area (Å²) >= 11 is 0. The predicted octanol–water partition coefficient (Wildman–Crippen LogP) is 1.81. The second kappa shape index (κ2) is 3.99. The molecule has 0 aliphatic heterocycles. The molecule has 0 aliphatic rings. The fourth-order valence-electron chi connectivity index (χ4n) is 1.63. The Labute approximate surface area is 103 Å². The lowest BCUT2D eigenvalue weighted by molar-refractivity contribution is 0.579. The summed E-state index contributed by atoms with van der Waals surface area (Å²) < 4.78 is 6.81. The lowest BCUT2D eigenvalue weighted by Crippen LogP contribution is -2.05. The molecule has 0 saturated carbocycles. The van der Waals surface area contributed by atoms with Crippen molar-refractivity contribution < 1.29 is 4.42 Å². The molecule has 0 radical (unpaired) electrons. The van der Waals surface area contributed by atoms with Gasteiger partial charge < -0.3 is 10.2 Å². The van der Waals surface area contributed by atoms with Crippen LogP contribution < -0.4 is 5.73 Å². The van der Waals surface area contributed by atoms with Crippen molar-refractivity contribution in [2.24, 2.45) is 0 Å². The van der Waals surface area contributed by atoms with Crippen LogP contribution in [0.2, 0.25) is 0 Å². The molecule has 0 bridgehead atoms. The first-order valence-electron chi connectivity index (χ1n) is 5.44. The van der Waals surface area contributed by atoms with Crippen LogP contribution in [0.3, 0.4) is 0 Å². The second-order valence-electron chi connectivity index (χ2n) is 3.88. The lowest BCUT2D eigenvalue weighted by Gasteiger charge is -2.01. The van der Waals surface area contributed by atoms with Gasteiger partial charge in [-0.2, -0.15) is 14.9 Å². The Morgan fingerprint density at radius 3 is 2.78 bits per heavy atom. The van der Waals surface area contributed by atoms with Gasteiger partial charge in [-0.15, -0.1) is 5.10 Å². The van der Waals surface area contributed by atoms with Gasteiger partial charge in [0.15, 0.2) is 11.6 Å². The van der Waals surface area contributed by atoms with Crippen molar-refractivity contribution >= 4 is 5.82 Å². The largest absolute Gasteiger partial charge is 0.463 e. The maximum absolute atomic E-state index is 5.91. The third-order valence-electron chi connectivity index (χ3n) is 2.51. The van der Waals surface area contributed by atoms with Crippen molar-refractivity contribution in [2.45, 2.75) is 6.92 Å². The Morgan fingerprint density at radius 1 is 1.22 bits per heavy atom. The van der Waals surface area contributed by atoms with Crippen LogP contribution in [-0.4, -0.2) is 20.0 Å². The zero-order valence-corrected chi connectivity index (χ0v) is 9.74. The first-order valence-corrected chi connectivity index (χ1v) is 5.44. The van der Waals surface area contributed by atoms with Crippen LogP contribution in [0.15, 0.2) is 41.0 Å². The van der Waals surface area contributed by atoms with Gasteiger partial charge in [-0.3, -0.25) is 0 Å². The van der Waals surface area contributed by atoms with Crippen molar-refractivity contribution in [1.29, 1.82) is 0 Å². The molecule has 0 saturated heterocycles. The van der Waals surface area contributed by atoms with Crippen LogP contribution in [0.4, 0.5) is 5.82 Å². The highest BCUT2D eigenvalue weighted by atomic mass is 16.3. The first-order chi connectivity index (χ1) is 8.74. The SMILES string of the molecule is Cc1ccc(-n2nc(-c3ccco3)cc2N)nn1. The number of aryl methyl sites for hydroxylation is 1. The minimum atomic E-state index is 0.486. The second-order valence-corrected chi connectivity index (χ2v) is 3.88. The highest BCUT2D eigenvalue weighted by Crippen LogP contribution is 2.22. The molecule has 3 aromatic rings.